The molecule has 0 N–H and O–H groups in total. The molecule has 0 bridgehead atoms. The van der Waals surface area contributed by atoms with E-state index in [-0.39, 0.29) is 0 Å². The van der Waals surface area contributed by atoms with Gasteiger partial charge in [0, 0.05) is 5.56 Å². The van der Waals surface area contributed by atoms with Crippen LogP contribution in [0.5, 0.6) is 0 Å². The minimum Gasteiger partial charge on any atom is -0.298 e. The standard InChI is InChI=1S/C12H12O/c13-9-12-4-2-1-3-11(12)8-7-10-5-6-10/h1-4,7-10H,5-6H2/b8-7-. The van der Waals surface area contributed by atoms with Crippen molar-refractivity contribution in [2.24, 2.45) is 5.92 Å². The summed E-state index contributed by atoms with van der Waals surface area (Å²) in [6.45, 7) is 0. The maximum atomic E-state index is 10.7. The van der Waals surface area contributed by atoms with E-state index in [0.717, 1.165) is 23.3 Å². The third kappa shape index (κ3) is 2.05. The highest BCUT2D eigenvalue weighted by Crippen LogP contribution is 2.30. The van der Waals surface area contributed by atoms with Gasteiger partial charge in [-0.2, -0.15) is 0 Å². The van der Waals surface area contributed by atoms with Crippen molar-refractivity contribution in [3.63, 3.8) is 0 Å². The van der Waals surface area contributed by atoms with E-state index >= 15 is 0 Å². The maximum absolute atomic E-state index is 10.7. The molecule has 0 aromatic heterocycles. The van der Waals surface area contributed by atoms with Crippen molar-refractivity contribution in [1.82, 2.24) is 0 Å². The first-order valence-corrected chi connectivity index (χ1v) is 4.62. The lowest BCUT2D eigenvalue weighted by Gasteiger charge is -1.96. The second-order valence-electron chi connectivity index (χ2n) is 3.44. The van der Waals surface area contributed by atoms with Crippen LogP contribution in [-0.2, 0) is 0 Å². The lowest BCUT2D eigenvalue weighted by Crippen LogP contribution is -1.84. The predicted octanol–water partition coefficient (Wildman–Crippen LogP) is 2.92. The normalized spacial score (nSPS) is 16.3. The fourth-order valence-corrected chi connectivity index (χ4v) is 1.30. The highest BCUT2D eigenvalue weighted by Gasteiger charge is 2.16. The molecule has 0 saturated heterocycles. The number of rotatable bonds is 3. The molecule has 1 saturated carbocycles. The van der Waals surface area contributed by atoms with Crippen molar-refractivity contribution >= 4 is 12.4 Å². The fraction of sp³-hybridized carbons (Fsp3) is 0.250. The average Bonchev–Trinajstić information content (AvgIpc) is 2.99. The molecular weight excluding hydrogens is 160 g/mol. The number of allylic oxidation sites excluding steroid dienone is 1. The van der Waals surface area contributed by atoms with E-state index in [2.05, 4.69) is 12.2 Å². The zero-order valence-electron chi connectivity index (χ0n) is 7.44. The molecule has 1 heteroatoms. The molecule has 0 atom stereocenters. The molecule has 1 aromatic rings. The van der Waals surface area contributed by atoms with Gasteiger partial charge in [-0.25, -0.2) is 0 Å². The summed E-state index contributed by atoms with van der Waals surface area (Å²) in [5.41, 5.74) is 1.81. The van der Waals surface area contributed by atoms with Crippen molar-refractivity contribution in [2.75, 3.05) is 0 Å². The van der Waals surface area contributed by atoms with Crippen molar-refractivity contribution in [3.8, 4) is 0 Å². The van der Waals surface area contributed by atoms with Gasteiger partial charge in [0.25, 0.3) is 0 Å². The number of hydrogen-bond donors (Lipinski definition) is 0. The first kappa shape index (κ1) is 8.24. The van der Waals surface area contributed by atoms with Crippen LogP contribution in [-0.4, -0.2) is 6.29 Å². The Kier molecular flexibility index (Phi) is 2.26. The molecule has 1 aliphatic carbocycles. The smallest absolute Gasteiger partial charge is 0.150 e. The van der Waals surface area contributed by atoms with E-state index in [1.807, 2.05) is 24.3 Å². The van der Waals surface area contributed by atoms with Gasteiger partial charge in [0.15, 0.2) is 6.29 Å². The molecule has 1 aliphatic rings. The molecule has 0 heterocycles. The Morgan fingerprint density at radius 2 is 1.85 bits per heavy atom. The van der Waals surface area contributed by atoms with E-state index in [1.165, 1.54) is 12.8 Å². The summed E-state index contributed by atoms with van der Waals surface area (Å²) >= 11 is 0. The topological polar surface area (TPSA) is 17.1 Å². The maximum Gasteiger partial charge on any atom is 0.150 e. The second-order valence-corrected chi connectivity index (χ2v) is 3.44. The van der Waals surface area contributed by atoms with Crippen molar-refractivity contribution in [1.29, 1.82) is 0 Å². The molecule has 66 valence electrons. The summed E-state index contributed by atoms with van der Waals surface area (Å²) in [7, 11) is 0. The van der Waals surface area contributed by atoms with Crippen LogP contribution in [0.2, 0.25) is 0 Å². The Balaban J connectivity index is 2.21. The number of carbonyl (C=O) groups excluding carboxylic acids is 1. The average molecular weight is 172 g/mol. The molecule has 1 aromatic carbocycles. The van der Waals surface area contributed by atoms with Crippen LogP contribution in [0.4, 0.5) is 0 Å². The molecule has 1 nitrogen and oxygen atoms in total. The van der Waals surface area contributed by atoms with Crippen molar-refractivity contribution in [3.05, 3.63) is 41.5 Å². The van der Waals surface area contributed by atoms with Crippen LogP contribution in [0, 0.1) is 5.92 Å². The van der Waals surface area contributed by atoms with Gasteiger partial charge >= 0.3 is 0 Å². The molecule has 0 unspecified atom stereocenters. The van der Waals surface area contributed by atoms with Gasteiger partial charge in [0.05, 0.1) is 0 Å². The number of hydrogen-bond acceptors (Lipinski definition) is 1. The minimum absolute atomic E-state index is 0.764. The first-order valence-electron chi connectivity index (χ1n) is 4.62. The largest absolute Gasteiger partial charge is 0.298 e. The SMILES string of the molecule is O=Cc1ccccc1/C=C\C1CC1. The van der Waals surface area contributed by atoms with Crippen LogP contribution in [0.1, 0.15) is 28.8 Å². The summed E-state index contributed by atoms with van der Waals surface area (Å²) < 4.78 is 0. The van der Waals surface area contributed by atoms with Crippen LogP contribution in [0.15, 0.2) is 30.3 Å². The Hall–Kier alpha value is -1.37. The Morgan fingerprint density at radius 3 is 2.46 bits per heavy atom. The van der Waals surface area contributed by atoms with Crippen LogP contribution in [0.25, 0.3) is 6.08 Å². The zero-order valence-corrected chi connectivity index (χ0v) is 7.44. The Labute approximate surface area is 78.1 Å². The number of benzene rings is 1. The van der Waals surface area contributed by atoms with Gasteiger partial charge in [-0.05, 0) is 24.3 Å². The third-order valence-corrected chi connectivity index (χ3v) is 2.29. The number of carbonyl (C=O) groups is 1. The first-order chi connectivity index (χ1) is 6.40. The zero-order chi connectivity index (χ0) is 9.10. The molecular formula is C12H12O. The summed E-state index contributed by atoms with van der Waals surface area (Å²) in [5, 5.41) is 0. The lowest BCUT2D eigenvalue weighted by atomic mass is 10.1. The molecule has 0 amide bonds. The van der Waals surface area contributed by atoms with Crippen LogP contribution >= 0.6 is 0 Å². The van der Waals surface area contributed by atoms with E-state index in [1.54, 1.807) is 0 Å². The third-order valence-electron chi connectivity index (χ3n) is 2.29. The minimum atomic E-state index is 0.764. The molecule has 0 aliphatic heterocycles. The van der Waals surface area contributed by atoms with Gasteiger partial charge in [-0.15, -0.1) is 0 Å². The van der Waals surface area contributed by atoms with Gasteiger partial charge in [-0.3, -0.25) is 4.79 Å². The van der Waals surface area contributed by atoms with E-state index in [4.69, 9.17) is 0 Å². The van der Waals surface area contributed by atoms with E-state index < -0.39 is 0 Å². The monoisotopic (exact) mass is 172 g/mol. The molecule has 2 rings (SSSR count). The van der Waals surface area contributed by atoms with Crippen LogP contribution in [0.3, 0.4) is 0 Å². The molecule has 0 radical (unpaired) electrons. The predicted molar refractivity (Wildman–Crippen MR) is 53.6 cm³/mol. The number of aldehydes is 1. The molecule has 1 fully saturated rings. The summed E-state index contributed by atoms with van der Waals surface area (Å²) in [6.07, 6.45) is 7.77. The summed E-state index contributed by atoms with van der Waals surface area (Å²) in [6, 6.07) is 7.67. The quantitative estimate of drug-likeness (QED) is 0.641. The highest BCUT2D eigenvalue weighted by atomic mass is 16.1. The second kappa shape index (κ2) is 3.56. The van der Waals surface area contributed by atoms with Crippen molar-refractivity contribution in [2.45, 2.75) is 12.8 Å². The fourth-order valence-electron chi connectivity index (χ4n) is 1.30. The van der Waals surface area contributed by atoms with E-state index in [0.29, 0.717) is 0 Å². The Bertz CT molecular complexity index is 335. The molecule has 0 spiro atoms. The van der Waals surface area contributed by atoms with Gasteiger partial charge < -0.3 is 0 Å². The van der Waals surface area contributed by atoms with Crippen molar-refractivity contribution < 1.29 is 4.79 Å². The summed E-state index contributed by atoms with van der Waals surface area (Å²) in [4.78, 5) is 10.7. The van der Waals surface area contributed by atoms with E-state index in [9.17, 15) is 4.79 Å². The Morgan fingerprint density at radius 1 is 1.15 bits per heavy atom. The van der Waals surface area contributed by atoms with Gasteiger partial charge in [-0.1, -0.05) is 36.4 Å². The highest BCUT2D eigenvalue weighted by molar-refractivity contribution is 5.81. The lowest BCUT2D eigenvalue weighted by molar-refractivity contribution is 0.112. The molecule has 13 heavy (non-hydrogen) atoms. The van der Waals surface area contributed by atoms with Gasteiger partial charge in [0.2, 0.25) is 0 Å². The summed E-state index contributed by atoms with van der Waals surface area (Å²) in [5.74, 6) is 0.764. The van der Waals surface area contributed by atoms with Crippen LogP contribution < -0.4 is 0 Å². The van der Waals surface area contributed by atoms with Gasteiger partial charge in [0.1, 0.15) is 0 Å².